The van der Waals surface area contributed by atoms with Crippen LogP contribution < -0.4 is 5.32 Å². The normalized spacial score (nSPS) is 15.2. The summed E-state index contributed by atoms with van der Waals surface area (Å²) in [7, 11) is 1.43. The molecule has 4 atom stereocenters. The largest absolute Gasteiger partial charge is 0.472 e. The molecule has 0 aliphatic carbocycles. The molecule has 0 rings (SSSR count). The maximum Gasteiger partial charge on any atom is 0.472 e. The van der Waals surface area contributed by atoms with Crippen molar-refractivity contribution in [3.63, 3.8) is 0 Å². The topological polar surface area (TPSA) is 125 Å². The zero-order chi connectivity index (χ0) is 40.2. The van der Waals surface area contributed by atoms with Crippen LogP contribution in [0.4, 0.5) is 0 Å². The van der Waals surface area contributed by atoms with E-state index in [-0.39, 0.29) is 18.9 Å². The van der Waals surface area contributed by atoms with Crippen LogP contribution in [0.1, 0.15) is 194 Å². The van der Waals surface area contributed by atoms with Crippen molar-refractivity contribution in [1.29, 1.82) is 0 Å². The van der Waals surface area contributed by atoms with Crippen LogP contribution in [0.2, 0.25) is 0 Å². The predicted octanol–water partition coefficient (Wildman–Crippen LogP) is 11.1. The van der Waals surface area contributed by atoms with E-state index in [1.807, 2.05) is 21.1 Å². The Hall–Kier alpha value is -1.06. The number of carbonyl (C=O) groups is 1. The van der Waals surface area contributed by atoms with E-state index in [1.54, 1.807) is 0 Å². The van der Waals surface area contributed by atoms with Crippen molar-refractivity contribution in [1.82, 2.24) is 5.32 Å². The van der Waals surface area contributed by atoms with Gasteiger partial charge in [0.15, 0.2) is 0 Å². The average molecular weight is 788 g/mol. The number of unbranched alkanes of at least 4 members (excludes halogenated alkanes) is 22. The highest BCUT2D eigenvalue weighted by molar-refractivity contribution is 7.47. The minimum atomic E-state index is -4.41. The lowest BCUT2D eigenvalue weighted by Gasteiger charge is -2.28. The summed E-state index contributed by atoms with van der Waals surface area (Å²) in [6.45, 7) is 4.57. The number of aliphatic hydroxyl groups is 2. The highest BCUT2D eigenvalue weighted by Gasteiger charge is 2.31. The number of hydrogen-bond donors (Lipinski definition) is 4. The Kier molecular flexibility index (Phi) is 35.6. The molecule has 1 amide bonds. The fraction of sp³-hybridized carbons (Fsp3) is 0.886. The molecule has 10 heteroatoms. The highest BCUT2D eigenvalue weighted by Crippen LogP contribution is 2.43. The van der Waals surface area contributed by atoms with E-state index >= 15 is 0 Å². The van der Waals surface area contributed by atoms with Crippen molar-refractivity contribution in [3.8, 4) is 0 Å². The van der Waals surface area contributed by atoms with E-state index < -0.39 is 32.7 Å². The minimum Gasteiger partial charge on any atom is -0.390 e. The van der Waals surface area contributed by atoms with Crippen molar-refractivity contribution < 1.29 is 38.0 Å². The second kappa shape index (κ2) is 36.3. The van der Waals surface area contributed by atoms with Crippen LogP contribution in [0.3, 0.4) is 0 Å². The van der Waals surface area contributed by atoms with E-state index in [1.165, 1.54) is 109 Å². The van der Waals surface area contributed by atoms with Crippen LogP contribution >= 0.6 is 7.82 Å². The number of rotatable bonds is 40. The maximum absolute atomic E-state index is 12.9. The SMILES string of the molecule is CCCCCC/C=C\C/C=C\CCCCCCCCCC(=O)NC(COP(=O)(O)OCC[N+](C)(C)C)C(O)C(O)CCCCCCCCCCCCCC. The molecule has 4 N–H and O–H groups in total. The van der Waals surface area contributed by atoms with Gasteiger partial charge in [0.1, 0.15) is 19.3 Å². The van der Waals surface area contributed by atoms with Crippen LogP contribution in [0, 0.1) is 0 Å². The van der Waals surface area contributed by atoms with Gasteiger partial charge >= 0.3 is 7.82 Å². The Bertz CT molecular complexity index is 956. The molecule has 54 heavy (non-hydrogen) atoms. The summed E-state index contributed by atoms with van der Waals surface area (Å²) in [5.41, 5.74) is 0. The van der Waals surface area contributed by atoms with E-state index in [2.05, 4.69) is 43.5 Å². The summed E-state index contributed by atoms with van der Waals surface area (Å²) < 4.78 is 23.5. The fourth-order valence-electron chi connectivity index (χ4n) is 6.41. The molecule has 0 aromatic rings. The number of nitrogens with one attached hydrogen (secondary N) is 1. The number of amides is 1. The van der Waals surface area contributed by atoms with E-state index in [9.17, 15) is 24.5 Å². The summed E-state index contributed by atoms with van der Waals surface area (Å²) in [6, 6.07) is -1.03. The van der Waals surface area contributed by atoms with Crippen LogP contribution in [-0.2, 0) is 18.4 Å². The molecule has 0 heterocycles. The number of quaternary nitrogens is 1. The Morgan fingerprint density at radius 3 is 1.59 bits per heavy atom. The highest BCUT2D eigenvalue weighted by atomic mass is 31.2. The molecule has 0 saturated carbocycles. The molecule has 320 valence electrons. The third-order valence-electron chi connectivity index (χ3n) is 10.0. The predicted molar refractivity (Wildman–Crippen MR) is 227 cm³/mol. The summed E-state index contributed by atoms with van der Waals surface area (Å²) >= 11 is 0. The van der Waals surface area contributed by atoms with E-state index in [4.69, 9.17) is 9.05 Å². The molecule has 0 aliphatic heterocycles. The van der Waals surface area contributed by atoms with Gasteiger partial charge in [-0.1, -0.05) is 167 Å². The Balaban J connectivity index is 4.49. The van der Waals surface area contributed by atoms with Crippen molar-refractivity contribution in [2.24, 2.45) is 0 Å². The Morgan fingerprint density at radius 1 is 0.648 bits per heavy atom. The monoisotopic (exact) mass is 788 g/mol. The van der Waals surface area contributed by atoms with Gasteiger partial charge in [-0.15, -0.1) is 0 Å². The number of allylic oxidation sites excluding steroid dienone is 4. The number of phosphoric ester groups is 1. The third kappa shape index (κ3) is 36.6. The third-order valence-corrected chi connectivity index (χ3v) is 11.0. The fourth-order valence-corrected chi connectivity index (χ4v) is 7.14. The van der Waals surface area contributed by atoms with Gasteiger partial charge in [0, 0.05) is 6.42 Å². The van der Waals surface area contributed by atoms with Crippen molar-refractivity contribution >= 4 is 13.7 Å². The number of aliphatic hydroxyl groups excluding tert-OH is 2. The molecule has 0 spiro atoms. The molecule has 0 aromatic heterocycles. The summed E-state index contributed by atoms with van der Waals surface area (Å²) in [5.74, 6) is -0.267. The molecule has 0 bridgehead atoms. The first-order valence-electron chi connectivity index (χ1n) is 22.3. The van der Waals surface area contributed by atoms with Crippen LogP contribution in [0.5, 0.6) is 0 Å². The Labute approximate surface area is 333 Å². The lowest BCUT2D eigenvalue weighted by atomic mass is 9.99. The molecule has 0 aromatic carbocycles. The molecule has 4 unspecified atom stereocenters. The standard InChI is InChI=1S/C44H87N2O7P/c1-6-8-10-12-14-16-18-20-21-22-23-24-25-27-29-31-33-35-37-43(48)45-41(40-53-54(50,51)52-39-38-46(3,4)5)44(49)42(47)36-34-32-30-28-26-19-17-15-13-11-9-7-2/h16,18,21-22,41-42,44,47,49H,6-15,17,19-20,23-40H2,1-5H3,(H-,45,48,50,51)/p+1/b18-16-,22-21-. The van der Waals surface area contributed by atoms with Crippen LogP contribution in [-0.4, -0.2) is 84.6 Å². The van der Waals surface area contributed by atoms with Crippen molar-refractivity contribution in [3.05, 3.63) is 24.3 Å². The van der Waals surface area contributed by atoms with Gasteiger partial charge in [-0.2, -0.15) is 0 Å². The van der Waals surface area contributed by atoms with Crippen LogP contribution in [0.15, 0.2) is 24.3 Å². The second-order valence-corrected chi connectivity index (χ2v) is 18.0. The molecule has 9 nitrogen and oxygen atoms in total. The average Bonchev–Trinajstić information content (AvgIpc) is 3.12. The minimum absolute atomic E-state index is 0.0205. The van der Waals surface area contributed by atoms with Gasteiger partial charge < -0.3 is 24.9 Å². The van der Waals surface area contributed by atoms with Crippen molar-refractivity contribution in [2.45, 2.75) is 212 Å². The van der Waals surface area contributed by atoms with Gasteiger partial charge in [-0.05, 0) is 44.9 Å². The smallest absolute Gasteiger partial charge is 0.390 e. The van der Waals surface area contributed by atoms with Crippen molar-refractivity contribution in [2.75, 3.05) is 40.9 Å². The van der Waals surface area contributed by atoms with E-state index in [0.717, 1.165) is 57.8 Å². The molecular formula is C44H88N2O7P+. The quantitative estimate of drug-likeness (QED) is 0.0211. The molecular weight excluding hydrogens is 699 g/mol. The number of phosphoric acid groups is 1. The number of carbonyl (C=O) groups excluding carboxylic acids is 1. The lowest BCUT2D eigenvalue weighted by molar-refractivity contribution is -0.870. The zero-order valence-electron chi connectivity index (χ0n) is 35.8. The lowest BCUT2D eigenvalue weighted by Crippen LogP contribution is -2.51. The maximum atomic E-state index is 12.9. The Morgan fingerprint density at radius 2 is 1.09 bits per heavy atom. The molecule has 0 aliphatic rings. The van der Waals surface area contributed by atoms with Gasteiger partial charge in [0.25, 0.3) is 0 Å². The first kappa shape index (κ1) is 52.9. The first-order chi connectivity index (χ1) is 25.9. The molecule has 0 radical (unpaired) electrons. The number of likely N-dealkylation sites (N-methyl/N-ethyl adjacent to an activating group) is 1. The summed E-state index contributed by atoms with van der Waals surface area (Å²) in [5, 5.41) is 24.7. The molecule has 0 saturated heterocycles. The zero-order valence-corrected chi connectivity index (χ0v) is 36.7. The number of nitrogens with zero attached hydrogens (tertiary/aromatic N) is 1. The summed E-state index contributed by atoms with van der Waals surface area (Å²) in [4.78, 5) is 23.2. The van der Waals surface area contributed by atoms with E-state index in [0.29, 0.717) is 17.4 Å². The van der Waals surface area contributed by atoms with Gasteiger partial charge in [-0.3, -0.25) is 13.8 Å². The summed E-state index contributed by atoms with van der Waals surface area (Å²) in [6.07, 6.45) is 38.0. The van der Waals surface area contributed by atoms with Gasteiger partial charge in [0.05, 0.1) is 39.9 Å². The van der Waals surface area contributed by atoms with Crippen LogP contribution in [0.25, 0.3) is 0 Å². The van der Waals surface area contributed by atoms with Gasteiger partial charge in [-0.25, -0.2) is 4.57 Å². The molecule has 0 fully saturated rings. The van der Waals surface area contributed by atoms with Gasteiger partial charge in [0.2, 0.25) is 5.91 Å². The second-order valence-electron chi connectivity index (χ2n) is 16.6. The first-order valence-corrected chi connectivity index (χ1v) is 23.8. The number of hydrogen-bond acceptors (Lipinski definition) is 6.